The fraction of sp³-hybridized carbons (Fsp3) is 0.280. The van der Waals surface area contributed by atoms with Crippen LogP contribution < -0.4 is 5.32 Å². The van der Waals surface area contributed by atoms with E-state index in [1.807, 2.05) is 31.3 Å². The number of aromatic carboxylic acids is 1. The van der Waals surface area contributed by atoms with Gasteiger partial charge in [-0.15, -0.1) is 0 Å². The van der Waals surface area contributed by atoms with Crippen molar-refractivity contribution >= 4 is 46.0 Å². The monoisotopic (exact) mass is 481 g/mol. The van der Waals surface area contributed by atoms with Crippen LogP contribution in [0.25, 0.3) is 10.9 Å². The number of carbonyl (C=O) groups is 3. The fourth-order valence-corrected chi connectivity index (χ4v) is 4.26. The minimum absolute atomic E-state index is 0.0586. The van der Waals surface area contributed by atoms with Crippen LogP contribution in [0.4, 0.5) is 5.69 Å². The molecular formula is C25H24ClN3O5. The summed E-state index contributed by atoms with van der Waals surface area (Å²) in [6.07, 6.45) is -0.112. The number of likely N-dealkylation sites (N-methyl/N-ethyl adjacent to an activating group) is 1. The molecule has 1 amide bonds. The summed E-state index contributed by atoms with van der Waals surface area (Å²) in [5.41, 5.74) is 2.92. The van der Waals surface area contributed by atoms with E-state index in [4.69, 9.17) is 21.3 Å². The predicted molar refractivity (Wildman–Crippen MR) is 128 cm³/mol. The molecule has 9 heteroatoms. The number of halogens is 1. The Labute approximate surface area is 201 Å². The molecule has 8 nitrogen and oxygen atoms in total. The molecule has 34 heavy (non-hydrogen) atoms. The Balaban J connectivity index is 1.62. The van der Waals surface area contributed by atoms with Gasteiger partial charge in [-0.05, 0) is 37.7 Å². The molecule has 0 aliphatic carbocycles. The molecule has 1 atom stereocenters. The van der Waals surface area contributed by atoms with Crippen LogP contribution in [-0.2, 0) is 22.5 Å². The molecule has 0 saturated heterocycles. The number of anilines is 1. The van der Waals surface area contributed by atoms with Gasteiger partial charge < -0.3 is 20.1 Å². The van der Waals surface area contributed by atoms with Crippen molar-refractivity contribution in [3.05, 3.63) is 69.9 Å². The molecular weight excluding hydrogens is 458 g/mol. The zero-order chi connectivity index (χ0) is 24.4. The number of nitrogens with one attached hydrogen (secondary N) is 1. The zero-order valence-corrected chi connectivity index (χ0v) is 19.6. The van der Waals surface area contributed by atoms with Gasteiger partial charge in [0, 0.05) is 41.8 Å². The number of pyridine rings is 1. The Morgan fingerprint density at radius 2 is 2.00 bits per heavy atom. The van der Waals surface area contributed by atoms with Crippen molar-refractivity contribution in [3.63, 3.8) is 0 Å². The van der Waals surface area contributed by atoms with Crippen molar-refractivity contribution in [1.29, 1.82) is 0 Å². The van der Waals surface area contributed by atoms with Crippen LogP contribution in [0, 0.1) is 0 Å². The molecule has 176 valence electrons. The number of fused-ring (bicyclic) bond motifs is 2. The summed E-state index contributed by atoms with van der Waals surface area (Å²) in [5.74, 6) is -2.35. The van der Waals surface area contributed by atoms with E-state index < -0.39 is 23.9 Å². The Morgan fingerprint density at radius 1 is 1.24 bits per heavy atom. The molecule has 0 spiro atoms. The van der Waals surface area contributed by atoms with Crippen LogP contribution in [0.1, 0.15) is 45.3 Å². The third-order valence-electron chi connectivity index (χ3n) is 5.82. The number of aromatic nitrogens is 1. The molecule has 2 N–H and O–H groups in total. The van der Waals surface area contributed by atoms with Gasteiger partial charge in [-0.25, -0.2) is 9.59 Å². The van der Waals surface area contributed by atoms with Crippen LogP contribution in [-0.4, -0.2) is 52.5 Å². The first kappa shape index (κ1) is 23.7. The number of rotatable bonds is 6. The number of hydrogen-bond donors (Lipinski definition) is 2. The smallest absolute Gasteiger partial charge is 0.340 e. The fourth-order valence-electron chi connectivity index (χ4n) is 4.06. The lowest BCUT2D eigenvalue weighted by Crippen LogP contribution is -2.34. The first-order valence-electron chi connectivity index (χ1n) is 10.9. The van der Waals surface area contributed by atoms with Gasteiger partial charge in [0.05, 0.1) is 21.7 Å². The van der Waals surface area contributed by atoms with Gasteiger partial charge in [-0.1, -0.05) is 36.7 Å². The Morgan fingerprint density at radius 3 is 2.74 bits per heavy atom. The second-order valence-electron chi connectivity index (χ2n) is 8.21. The normalized spacial score (nSPS) is 14.3. The van der Waals surface area contributed by atoms with Crippen molar-refractivity contribution in [1.82, 2.24) is 9.88 Å². The van der Waals surface area contributed by atoms with Gasteiger partial charge in [0.1, 0.15) is 0 Å². The maximum Gasteiger partial charge on any atom is 0.340 e. The summed E-state index contributed by atoms with van der Waals surface area (Å²) in [6, 6.07) is 11.5. The zero-order valence-electron chi connectivity index (χ0n) is 18.8. The minimum atomic E-state index is -1.21. The molecule has 0 bridgehead atoms. The van der Waals surface area contributed by atoms with E-state index in [9.17, 15) is 19.5 Å². The van der Waals surface area contributed by atoms with Crippen molar-refractivity contribution in [2.75, 3.05) is 18.9 Å². The van der Waals surface area contributed by atoms with Crippen LogP contribution in [0.2, 0.25) is 5.02 Å². The molecule has 0 radical (unpaired) electrons. The summed E-state index contributed by atoms with van der Waals surface area (Å²) >= 11 is 5.90. The van der Waals surface area contributed by atoms with E-state index in [-0.39, 0.29) is 22.7 Å². The van der Waals surface area contributed by atoms with E-state index >= 15 is 0 Å². The van der Waals surface area contributed by atoms with E-state index in [1.54, 1.807) is 6.92 Å². The highest BCUT2D eigenvalue weighted by Gasteiger charge is 2.29. The molecule has 1 aliphatic heterocycles. The number of ether oxygens (including phenoxy) is 1. The van der Waals surface area contributed by atoms with Gasteiger partial charge in [-0.2, -0.15) is 0 Å². The first-order chi connectivity index (χ1) is 16.3. The summed E-state index contributed by atoms with van der Waals surface area (Å²) < 4.78 is 5.69. The van der Waals surface area contributed by atoms with Gasteiger partial charge in [0.2, 0.25) is 0 Å². The van der Waals surface area contributed by atoms with Crippen LogP contribution in [0.15, 0.2) is 42.5 Å². The topological polar surface area (TPSA) is 109 Å². The van der Waals surface area contributed by atoms with Gasteiger partial charge in [-0.3, -0.25) is 9.78 Å². The largest absolute Gasteiger partial charge is 0.478 e. The number of carboxylic acid groups (broad SMARTS) is 1. The maximum absolute atomic E-state index is 13.4. The lowest BCUT2D eigenvalue weighted by atomic mass is 9.96. The second-order valence-corrected chi connectivity index (χ2v) is 8.62. The van der Waals surface area contributed by atoms with Crippen LogP contribution >= 0.6 is 11.6 Å². The highest BCUT2D eigenvalue weighted by atomic mass is 35.5. The Bertz CT molecular complexity index is 1290. The molecule has 2 aromatic carbocycles. The number of hydrogen-bond acceptors (Lipinski definition) is 6. The summed E-state index contributed by atoms with van der Waals surface area (Å²) in [7, 11) is 1.98. The number of nitrogens with zero attached hydrogens (tertiary/aromatic N) is 2. The quantitative estimate of drug-likeness (QED) is 0.509. The number of para-hydroxylation sites is 1. The Hall–Kier alpha value is -3.49. The van der Waals surface area contributed by atoms with E-state index in [2.05, 4.69) is 10.2 Å². The molecule has 1 aliphatic rings. The average molecular weight is 482 g/mol. The van der Waals surface area contributed by atoms with E-state index in [0.717, 1.165) is 24.2 Å². The highest BCUT2D eigenvalue weighted by Crippen LogP contribution is 2.29. The lowest BCUT2D eigenvalue weighted by Gasteiger charge is -2.27. The number of carboxylic acids is 1. The van der Waals surface area contributed by atoms with E-state index in [0.29, 0.717) is 23.0 Å². The van der Waals surface area contributed by atoms with Gasteiger partial charge in [0.15, 0.2) is 6.10 Å². The Kier molecular flexibility index (Phi) is 6.81. The van der Waals surface area contributed by atoms with Crippen LogP contribution in [0.3, 0.4) is 0 Å². The number of carbonyl (C=O) groups excluding carboxylic acids is 2. The van der Waals surface area contributed by atoms with E-state index in [1.165, 1.54) is 18.2 Å². The molecule has 0 saturated carbocycles. The SMILES string of the molecule is CCC(OC(=O)c1c2c(nc3ccccc13)CCN(C)C2)C(=O)Nc1ccc(Cl)c(C(=O)O)c1. The van der Waals surface area contributed by atoms with Crippen molar-refractivity contribution in [2.24, 2.45) is 0 Å². The third kappa shape index (κ3) is 4.73. The molecule has 1 aromatic heterocycles. The van der Waals surface area contributed by atoms with Crippen molar-refractivity contribution < 1.29 is 24.2 Å². The summed E-state index contributed by atoms with van der Waals surface area (Å²) in [5, 5.41) is 12.6. The minimum Gasteiger partial charge on any atom is -0.478 e. The standard InChI is InChI=1S/C25H24ClN3O5/c1-3-21(23(30)27-14-8-9-18(26)16(12-14)24(31)32)34-25(33)22-15-6-4-5-7-19(15)28-20-10-11-29(2)13-17(20)22/h4-9,12,21H,3,10-11,13H2,1-2H3,(H,27,30)(H,31,32). The predicted octanol–water partition coefficient (Wildman–Crippen LogP) is 4.15. The number of benzene rings is 2. The lowest BCUT2D eigenvalue weighted by molar-refractivity contribution is -0.124. The molecule has 4 rings (SSSR count). The van der Waals surface area contributed by atoms with Crippen LogP contribution in [0.5, 0.6) is 0 Å². The molecule has 0 fully saturated rings. The third-order valence-corrected chi connectivity index (χ3v) is 6.15. The summed E-state index contributed by atoms with van der Waals surface area (Å²) in [4.78, 5) is 44.5. The van der Waals surface area contributed by atoms with Gasteiger partial charge in [0.25, 0.3) is 5.91 Å². The number of esters is 1. The molecule has 1 unspecified atom stereocenters. The second kappa shape index (κ2) is 9.79. The average Bonchev–Trinajstić information content (AvgIpc) is 2.81. The number of amides is 1. The maximum atomic E-state index is 13.4. The van der Waals surface area contributed by atoms with Crippen molar-refractivity contribution in [2.45, 2.75) is 32.4 Å². The first-order valence-corrected chi connectivity index (χ1v) is 11.3. The van der Waals surface area contributed by atoms with Crippen molar-refractivity contribution in [3.8, 4) is 0 Å². The molecule has 3 aromatic rings. The highest BCUT2D eigenvalue weighted by molar-refractivity contribution is 6.33. The molecule has 2 heterocycles. The summed E-state index contributed by atoms with van der Waals surface area (Å²) in [6.45, 7) is 3.13. The van der Waals surface area contributed by atoms with Gasteiger partial charge >= 0.3 is 11.9 Å².